The van der Waals surface area contributed by atoms with Crippen LogP contribution in [0.1, 0.15) is 25.6 Å². The lowest BCUT2D eigenvalue weighted by atomic mass is 9.90. The Bertz CT molecular complexity index is 339. The molecule has 2 unspecified atom stereocenters. The Morgan fingerprint density at radius 3 is 3.13 bits per heavy atom. The van der Waals surface area contributed by atoms with Crippen LogP contribution < -0.4 is 0 Å². The third kappa shape index (κ3) is 2.21. The second kappa shape index (κ2) is 4.18. The molecular weight excluding hydrogens is 208 g/mol. The third-order valence-electron chi connectivity index (χ3n) is 3.26. The maximum absolute atomic E-state index is 10.6. The zero-order chi connectivity index (χ0) is 10.9. The fourth-order valence-corrected chi connectivity index (χ4v) is 3.25. The van der Waals surface area contributed by atoms with Gasteiger partial charge in [-0.3, -0.25) is 0 Å². The van der Waals surface area contributed by atoms with Crippen LogP contribution in [0.2, 0.25) is 0 Å². The predicted octanol–water partition coefficient (Wildman–Crippen LogP) is 1.61. The first-order chi connectivity index (χ1) is 7.12. The van der Waals surface area contributed by atoms with Gasteiger partial charge in [-0.2, -0.15) is 11.8 Å². The first-order valence-electron chi connectivity index (χ1n) is 5.42. The van der Waals surface area contributed by atoms with Crippen molar-refractivity contribution in [2.24, 2.45) is 7.05 Å². The lowest BCUT2D eigenvalue weighted by molar-refractivity contribution is 0.0273. The second-order valence-corrected chi connectivity index (χ2v) is 5.80. The van der Waals surface area contributed by atoms with E-state index in [2.05, 4.69) is 11.9 Å². The van der Waals surface area contributed by atoms with Crippen molar-refractivity contribution in [1.82, 2.24) is 9.55 Å². The van der Waals surface area contributed by atoms with Gasteiger partial charge >= 0.3 is 0 Å². The van der Waals surface area contributed by atoms with Crippen molar-refractivity contribution in [2.75, 3.05) is 5.75 Å². The van der Waals surface area contributed by atoms with E-state index in [4.69, 9.17) is 0 Å². The molecule has 1 aliphatic heterocycles. The van der Waals surface area contributed by atoms with E-state index in [0.717, 1.165) is 18.7 Å². The molecule has 1 fully saturated rings. The van der Waals surface area contributed by atoms with Gasteiger partial charge in [0.2, 0.25) is 0 Å². The summed E-state index contributed by atoms with van der Waals surface area (Å²) in [7, 11) is 1.98. The fourth-order valence-electron chi connectivity index (χ4n) is 2.07. The summed E-state index contributed by atoms with van der Waals surface area (Å²) in [6.45, 7) is 2.12. The van der Waals surface area contributed by atoms with Gasteiger partial charge in [0.25, 0.3) is 0 Å². The smallest absolute Gasteiger partial charge is 0.111 e. The van der Waals surface area contributed by atoms with Crippen LogP contribution in [0.25, 0.3) is 0 Å². The van der Waals surface area contributed by atoms with E-state index in [1.54, 1.807) is 6.20 Å². The van der Waals surface area contributed by atoms with E-state index >= 15 is 0 Å². The van der Waals surface area contributed by atoms with Crippen molar-refractivity contribution in [3.8, 4) is 0 Å². The quantitative estimate of drug-likeness (QED) is 0.832. The summed E-state index contributed by atoms with van der Waals surface area (Å²) in [4.78, 5) is 4.28. The number of hydrogen-bond donors (Lipinski definition) is 1. The topological polar surface area (TPSA) is 38.1 Å². The van der Waals surface area contributed by atoms with E-state index in [1.165, 1.54) is 5.75 Å². The number of rotatable bonds is 2. The summed E-state index contributed by atoms with van der Waals surface area (Å²) in [5.74, 6) is 2.15. The monoisotopic (exact) mass is 226 g/mol. The standard InChI is InChI=1S/C11H18N2OS/c1-9-11(14,4-3-7-15-9)8-10-12-5-6-13(10)2/h5-6,9,14H,3-4,7-8H2,1-2H3. The first kappa shape index (κ1) is 11.0. The van der Waals surface area contributed by atoms with Crippen molar-refractivity contribution in [3.05, 3.63) is 18.2 Å². The molecule has 0 spiro atoms. The van der Waals surface area contributed by atoms with Gasteiger partial charge in [-0.05, 0) is 18.6 Å². The first-order valence-corrected chi connectivity index (χ1v) is 6.47. The van der Waals surface area contributed by atoms with E-state index in [9.17, 15) is 5.11 Å². The fraction of sp³-hybridized carbons (Fsp3) is 0.727. The molecule has 0 radical (unpaired) electrons. The predicted molar refractivity (Wildman–Crippen MR) is 63.0 cm³/mol. The van der Waals surface area contributed by atoms with Crippen molar-refractivity contribution in [1.29, 1.82) is 0 Å². The summed E-state index contributed by atoms with van der Waals surface area (Å²) in [6.07, 6.45) is 6.40. The molecule has 1 aromatic heterocycles. The largest absolute Gasteiger partial charge is 0.388 e. The Kier molecular flexibility index (Phi) is 3.07. The molecule has 1 aliphatic rings. The molecule has 0 saturated carbocycles. The van der Waals surface area contributed by atoms with Crippen LogP contribution in [-0.4, -0.2) is 31.3 Å². The van der Waals surface area contributed by atoms with Gasteiger partial charge in [-0.25, -0.2) is 4.98 Å². The molecule has 1 N–H and O–H groups in total. The molecule has 2 rings (SSSR count). The van der Waals surface area contributed by atoms with Gasteiger partial charge in [0.15, 0.2) is 0 Å². The highest BCUT2D eigenvalue weighted by Crippen LogP contribution is 2.35. The molecule has 4 heteroatoms. The summed E-state index contributed by atoms with van der Waals surface area (Å²) < 4.78 is 1.99. The molecule has 2 heterocycles. The third-order valence-corrected chi connectivity index (χ3v) is 4.73. The molecule has 0 bridgehead atoms. The van der Waals surface area contributed by atoms with Gasteiger partial charge in [-0.1, -0.05) is 6.92 Å². The lowest BCUT2D eigenvalue weighted by Crippen LogP contribution is -2.44. The number of hydrogen-bond acceptors (Lipinski definition) is 3. The van der Waals surface area contributed by atoms with Crippen molar-refractivity contribution >= 4 is 11.8 Å². The number of thioether (sulfide) groups is 1. The van der Waals surface area contributed by atoms with Crippen LogP contribution in [0.4, 0.5) is 0 Å². The summed E-state index contributed by atoms with van der Waals surface area (Å²) in [6, 6.07) is 0. The molecule has 1 aromatic rings. The van der Waals surface area contributed by atoms with E-state index in [-0.39, 0.29) is 0 Å². The number of aliphatic hydroxyl groups is 1. The zero-order valence-corrected chi connectivity index (χ0v) is 10.1. The van der Waals surface area contributed by atoms with Crippen LogP contribution in [-0.2, 0) is 13.5 Å². The highest BCUT2D eigenvalue weighted by atomic mass is 32.2. The number of imidazole rings is 1. The van der Waals surface area contributed by atoms with Crippen LogP contribution in [0.15, 0.2) is 12.4 Å². The van der Waals surface area contributed by atoms with Crippen LogP contribution in [0, 0.1) is 0 Å². The van der Waals surface area contributed by atoms with Crippen molar-refractivity contribution in [2.45, 2.75) is 37.0 Å². The van der Waals surface area contributed by atoms with Gasteiger partial charge in [0.1, 0.15) is 5.82 Å². The molecule has 0 aliphatic carbocycles. The molecule has 3 nitrogen and oxygen atoms in total. The van der Waals surface area contributed by atoms with Gasteiger partial charge < -0.3 is 9.67 Å². The van der Waals surface area contributed by atoms with Crippen LogP contribution >= 0.6 is 11.8 Å². The average molecular weight is 226 g/mol. The Morgan fingerprint density at radius 1 is 1.73 bits per heavy atom. The number of aryl methyl sites for hydroxylation is 1. The Labute approximate surface area is 94.9 Å². The van der Waals surface area contributed by atoms with Gasteiger partial charge in [-0.15, -0.1) is 0 Å². The Balaban J connectivity index is 2.12. The molecule has 0 aromatic carbocycles. The summed E-state index contributed by atoms with van der Waals surface area (Å²) >= 11 is 1.87. The Morgan fingerprint density at radius 2 is 2.53 bits per heavy atom. The molecule has 15 heavy (non-hydrogen) atoms. The average Bonchev–Trinajstić information content (AvgIpc) is 2.58. The SMILES string of the molecule is CC1SCCCC1(O)Cc1nccn1C. The van der Waals surface area contributed by atoms with Gasteiger partial charge in [0.05, 0.1) is 5.60 Å². The summed E-state index contributed by atoms with van der Waals surface area (Å²) in [5.41, 5.74) is -0.567. The molecular formula is C11H18N2OS. The minimum atomic E-state index is -0.567. The van der Waals surface area contributed by atoms with E-state index in [0.29, 0.717) is 11.7 Å². The maximum Gasteiger partial charge on any atom is 0.111 e. The molecule has 0 amide bonds. The second-order valence-electron chi connectivity index (χ2n) is 4.35. The minimum Gasteiger partial charge on any atom is -0.388 e. The molecule has 1 saturated heterocycles. The van der Waals surface area contributed by atoms with E-state index < -0.39 is 5.60 Å². The lowest BCUT2D eigenvalue weighted by Gasteiger charge is -2.37. The zero-order valence-electron chi connectivity index (χ0n) is 9.31. The normalized spacial score (nSPS) is 31.8. The highest BCUT2D eigenvalue weighted by Gasteiger charge is 2.37. The van der Waals surface area contributed by atoms with Crippen molar-refractivity contribution in [3.63, 3.8) is 0 Å². The van der Waals surface area contributed by atoms with Crippen LogP contribution in [0.5, 0.6) is 0 Å². The summed E-state index contributed by atoms with van der Waals surface area (Å²) in [5, 5.41) is 10.9. The number of aromatic nitrogens is 2. The minimum absolute atomic E-state index is 0.308. The van der Waals surface area contributed by atoms with E-state index in [1.807, 2.05) is 29.6 Å². The molecule has 84 valence electrons. The number of nitrogens with zero attached hydrogens (tertiary/aromatic N) is 2. The van der Waals surface area contributed by atoms with Gasteiger partial charge in [0, 0.05) is 31.1 Å². The van der Waals surface area contributed by atoms with Crippen molar-refractivity contribution < 1.29 is 5.11 Å². The highest BCUT2D eigenvalue weighted by molar-refractivity contribution is 8.00. The molecule has 2 atom stereocenters. The Hall–Kier alpha value is -0.480. The van der Waals surface area contributed by atoms with Crippen LogP contribution in [0.3, 0.4) is 0 Å². The maximum atomic E-state index is 10.6.